The van der Waals surface area contributed by atoms with Gasteiger partial charge in [0.15, 0.2) is 0 Å². The van der Waals surface area contributed by atoms with Crippen LogP contribution in [0.5, 0.6) is 0 Å². The zero-order valence-corrected chi connectivity index (χ0v) is 24.7. The highest BCUT2D eigenvalue weighted by Crippen LogP contribution is 2.58. The molecule has 7 heteroatoms. The zero-order chi connectivity index (χ0) is 28.5. The van der Waals surface area contributed by atoms with E-state index in [1.807, 2.05) is 24.3 Å². The van der Waals surface area contributed by atoms with Crippen LogP contribution in [0.3, 0.4) is 0 Å². The predicted molar refractivity (Wildman–Crippen MR) is 156 cm³/mol. The van der Waals surface area contributed by atoms with Crippen LogP contribution in [0, 0.1) is 10.8 Å². The van der Waals surface area contributed by atoms with Gasteiger partial charge < -0.3 is 0 Å². The molecular weight excluding hydrogens is 510 g/mol. The molecule has 0 aromatic heterocycles. The van der Waals surface area contributed by atoms with Crippen molar-refractivity contribution < 1.29 is 14.4 Å². The van der Waals surface area contributed by atoms with Crippen molar-refractivity contribution in [3.63, 3.8) is 0 Å². The second-order valence-electron chi connectivity index (χ2n) is 12.9. The number of nitrogens with zero attached hydrogens (tertiary/aromatic N) is 2. The van der Waals surface area contributed by atoms with Crippen LogP contribution in [0.1, 0.15) is 78.4 Å². The largest absolute Gasteiger partial charge is 0.295 e. The molecule has 1 aromatic rings. The number of amides is 3. The van der Waals surface area contributed by atoms with E-state index in [-0.39, 0.29) is 33.9 Å². The molecule has 2 atom stereocenters. The van der Waals surface area contributed by atoms with E-state index in [2.05, 4.69) is 70.5 Å². The maximum Gasteiger partial charge on any atom is 0.259 e. The summed E-state index contributed by atoms with van der Waals surface area (Å²) in [6.45, 7) is 19.2. The third kappa shape index (κ3) is 3.97. The van der Waals surface area contributed by atoms with Crippen molar-refractivity contribution in [2.75, 3.05) is 18.0 Å². The van der Waals surface area contributed by atoms with Crippen LogP contribution in [-0.2, 0) is 19.9 Å². The summed E-state index contributed by atoms with van der Waals surface area (Å²) in [4.78, 5) is 41.9. The number of carbonyl (C=O) groups excluding carboxylic acids is 3. The minimum atomic E-state index is -0.699. The molecular formula is C32H40ClN3O3. The first-order valence-electron chi connectivity index (χ1n) is 14.0. The van der Waals surface area contributed by atoms with Gasteiger partial charge in [-0.1, -0.05) is 64.1 Å². The van der Waals surface area contributed by atoms with Crippen molar-refractivity contribution in [2.24, 2.45) is 10.8 Å². The summed E-state index contributed by atoms with van der Waals surface area (Å²) < 4.78 is 0. The molecule has 208 valence electrons. The van der Waals surface area contributed by atoms with Crippen LogP contribution in [0.15, 0.2) is 48.6 Å². The SMILES string of the molecule is C=C(C)C(C)(C)C(C)(C)C1(Cl)CCN(C2(C)C=CC=C3C(=O)N(C4CCC(=O)NC4=O)c4cccc2c43)CC1. The fraction of sp³-hybridized carbons (Fsp3) is 0.531. The molecule has 3 heterocycles. The van der Waals surface area contributed by atoms with Gasteiger partial charge in [0.2, 0.25) is 11.8 Å². The summed E-state index contributed by atoms with van der Waals surface area (Å²) in [5, 5.41) is 2.41. The van der Waals surface area contributed by atoms with E-state index in [4.69, 9.17) is 11.6 Å². The number of imide groups is 1. The lowest BCUT2D eigenvalue weighted by molar-refractivity contribution is -0.135. The molecule has 3 amide bonds. The predicted octanol–water partition coefficient (Wildman–Crippen LogP) is 5.71. The number of halogens is 1. The van der Waals surface area contributed by atoms with Crippen molar-refractivity contribution in [1.82, 2.24) is 10.2 Å². The summed E-state index contributed by atoms with van der Waals surface area (Å²) in [6.07, 6.45) is 8.23. The molecule has 6 nitrogen and oxygen atoms in total. The maximum absolute atomic E-state index is 13.7. The van der Waals surface area contributed by atoms with Crippen LogP contribution in [0.25, 0.3) is 5.57 Å². The van der Waals surface area contributed by atoms with Crippen LogP contribution in [0.2, 0.25) is 0 Å². The number of piperidine rings is 2. The van der Waals surface area contributed by atoms with Gasteiger partial charge in [0.1, 0.15) is 6.04 Å². The number of alkyl halides is 1. The molecule has 0 saturated carbocycles. The van der Waals surface area contributed by atoms with Gasteiger partial charge in [0.05, 0.1) is 16.1 Å². The lowest BCUT2D eigenvalue weighted by atomic mass is 9.56. The Morgan fingerprint density at radius 3 is 2.41 bits per heavy atom. The van der Waals surface area contributed by atoms with E-state index in [1.54, 1.807) is 4.90 Å². The Kier molecular flexibility index (Phi) is 6.55. The number of likely N-dealkylation sites (tertiary alicyclic amines) is 1. The summed E-state index contributed by atoms with van der Waals surface area (Å²) in [6, 6.07) is 5.28. The van der Waals surface area contributed by atoms with E-state index < -0.39 is 17.5 Å². The number of nitrogens with one attached hydrogen (secondary N) is 1. The Balaban J connectivity index is 1.48. The van der Waals surface area contributed by atoms with E-state index >= 15 is 0 Å². The second-order valence-corrected chi connectivity index (χ2v) is 13.6. The third-order valence-electron chi connectivity index (χ3n) is 10.7. The number of carbonyl (C=O) groups is 3. The first-order valence-corrected chi connectivity index (χ1v) is 14.3. The van der Waals surface area contributed by atoms with Gasteiger partial charge in [-0.25, -0.2) is 0 Å². The molecule has 5 rings (SSSR count). The normalized spacial score (nSPS) is 27.2. The highest BCUT2D eigenvalue weighted by molar-refractivity contribution is 6.35. The summed E-state index contributed by atoms with van der Waals surface area (Å²) in [5.74, 6) is -0.898. The highest BCUT2D eigenvalue weighted by atomic mass is 35.5. The van der Waals surface area contributed by atoms with Gasteiger partial charge in [-0.2, -0.15) is 0 Å². The zero-order valence-electron chi connectivity index (χ0n) is 24.0. The lowest BCUT2D eigenvalue weighted by Gasteiger charge is -2.56. The molecule has 1 N–H and O–H groups in total. The Bertz CT molecular complexity index is 1330. The molecule has 39 heavy (non-hydrogen) atoms. The van der Waals surface area contributed by atoms with Crippen LogP contribution in [-0.4, -0.2) is 46.6 Å². The molecule has 1 aromatic carbocycles. The van der Waals surface area contributed by atoms with Gasteiger partial charge in [0, 0.05) is 30.6 Å². The molecule has 0 spiro atoms. The standard InChI is InChI=1S/C32H40ClN3O3/c1-20(2)29(3,4)30(5,6)32(33)16-18-35(19-17-32)31(7)15-9-10-21-26-22(31)11-8-12-23(26)36(28(21)39)24-13-14-25(37)34-27(24)38/h8-12,15,24H,1,13-14,16-19H2,2-7H3,(H,34,37,38). The quantitative estimate of drug-likeness (QED) is 0.290. The Hall–Kier alpha value is -2.70. The van der Waals surface area contributed by atoms with Gasteiger partial charge in [0.25, 0.3) is 5.91 Å². The smallest absolute Gasteiger partial charge is 0.259 e. The Morgan fingerprint density at radius 2 is 1.79 bits per heavy atom. The molecule has 2 unspecified atom stereocenters. The highest BCUT2D eigenvalue weighted by Gasteiger charge is 2.55. The average molecular weight is 550 g/mol. The first-order chi connectivity index (χ1) is 18.2. The molecule has 2 saturated heterocycles. The number of benzene rings is 1. The lowest BCUT2D eigenvalue weighted by Crippen LogP contribution is -2.57. The number of rotatable bonds is 5. The summed E-state index contributed by atoms with van der Waals surface area (Å²) >= 11 is 7.47. The van der Waals surface area contributed by atoms with Crippen LogP contribution >= 0.6 is 11.6 Å². The Morgan fingerprint density at radius 1 is 1.13 bits per heavy atom. The van der Waals surface area contributed by atoms with Crippen molar-refractivity contribution in [1.29, 1.82) is 0 Å². The minimum Gasteiger partial charge on any atom is -0.295 e. The molecule has 0 radical (unpaired) electrons. The van der Waals surface area contributed by atoms with E-state index in [0.29, 0.717) is 12.0 Å². The Labute approximate surface area is 237 Å². The molecule has 4 aliphatic rings. The van der Waals surface area contributed by atoms with E-state index in [0.717, 1.165) is 48.3 Å². The molecule has 1 aliphatic carbocycles. The van der Waals surface area contributed by atoms with Crippen LogP contribution in [0.4, 0.5) is 5.69 Å². The van der Waals surface area contributed by atoms with Gasteiger partial charge in [-0.15, -0.1) is 11.6 Å². The van der Waals surface area contributed by atoms with E-state index in [1.165, 1.54) is 0 Å². The molecule has 3 aliphatic heterocycles. The van der Waals surface area contributed by atoms with Crippen molar-refractivity contribution in [3.05, 3.63) is 59.7 Å². The maximum atomic E-state index is 13.7. The molecule has 2 fully saturated rings. The topological polar surface area (TPSA) is 69.7 Å². The fourth-order valence-corrected chi connectivity index (χ4v) is 7.33. The third-order valence-corrected chi connectivity index (χ3v) is 11.6. The van der Waals surface area contributed by atoms with Crippen LogP contribution < -0.4 is 10.2 Å². The second kappa shape index (κ2) is 9.17. The average Bonchev–Trinajstić information content (AvgIpc) is 3.04. The minimum absolute atomic E-state index is 0.123. The number of hydrogen-bond acceptors (Lipinski definition) is 4. The van der Waals surface area contributed by atoms with Gasteiger partial charge in [-0.3, -0.25) is 29.5 Å². The van der Waals surface area contributed by atoms with Crippen molar-refractivity contribution >= 4 is 40.6 Å². The summed E-state index contributed by atoms with van der Waals surface area (Å²) in [7, 11) is 0. The number of hydrogen-bond donors (Lipinski definition) is 1. The molecule has 0 bridgehead atoms. The summed E-state index contributed by atoms with van der Waals surface area (Å²) in [5.41, 5.74) is 3.64. The number of anilines is 1. The van der Waals surface area contributed by atoms with E-state index in [9.17, 15) is 14.4 Å². The van der Waals surface area contributed by atoms with Gasteiger partial charge in [-0.05, 0) is 61.6 Å². The fourth-order valence-electron chi connectivity index (χ4n) is 6.93. The van der Waals surface area contributed by atoms with Crippen molar-refractivity contribution in [3.8, 4) is 0 Å². The first kappa shape index (κ1) is 27.9. The monoisotopic (exact) mass is 549 g/mol. The van der Waals surface area contributed by atoms with Gasteiger partial charge >= 0.3 is 0 Å². The number of allylic oxidation sites excluding steroid dienone is 3. The van der Waals surface area contributed by atoms with Crippen molar-refractivity contribution in [2.45, 2.75) is 83.7 Å².